The number of aryl methyl sites for hydroxylation is 1. The normalized spacial score (nSPS) is 10.2. The average molecular weight is 357 g/mol. The third kappa shape index (κ3) is 5.20. The molecule has 2 N–H and O–H groups in total. The zero-order valence-electron chi connectivity index (χ0n) is 15.0. The van der Waals surface area contributed by atoms with E-state index in [0.29, 0.717) is 30.9 Å². The van der Waals surface area contributed by atoms with E-state index in [-0.39, 0.29) is 6.54 Å². The van der Waals surface area contributed by atoms with Gasteiger partial charge in [0.05, 0.1) is 14.2 Å². The lowest BCUT2D eigenvalue weighted by Gasteiger charge is -2.22. The van der Waals surface area contributed by atoms with Gasteiger partial charge in [-0.25, -0.2) is 0 Å². The van der Waals surface area contributed by atoms with Crippen LogP contribution in [0.5, 0.6) is 11.5 Å². The quantitative estimate of drug-likeness (QED) is 0.723. The van der Waals surface area contributed by atoms with Gasteiger partial charge in [0.2, 0.25) is 0 Å². The molecule has 26 heavy (non-hydrogen) atoms. The van der Waals surface area contributed by atoms with Crippen LogP contribution in [0.4, 0.5) is 0 Å². The summed E-state index contributed by atoms with van der Waals surface area (Å²) >= 11 is 0. The van der Waals surface area contributed by atoms with E-state index in [1.54, 1.807) is 38.6 Å². The van der Waals surface area contributed by atoms with Crippen molar-refractivity contribution in [1.29, 1.82) is 0 Å². The van der Waals surface area contributed by atoms with Crippen LogP contribution >= 0.6 is 0 Å². The number of benzene rings is 1. The van der Waals surface area contributed by atoms with E-state index in [4.69, 9.17) is 15.2 Å². The number of carbonyl (C=O) groups is 2. The lowest BCUT2D eigenvalue weighted by atomic mass is 10.1. The third-order valence-corrected chi connectivity index (χ3v) is 3.94. The highest BCUT2D eigenvalue weighted by molar-refractivity contribution is 6.34. The molecule has 138 valence electrons. The molecule has 1 aromatic carbocycles. The molecule has 0 spiro atoms. The fourth-order valence-corrected chi connectivity index (χ4v) is 2.59. The third-order valence-electron chi connectivity index (χ3n) is 3.94. The van der Waals surface area contributed by atoms with Gasteiger partial charge in [0.25, 0.3) is 0 Å². The minimum atomic E-state index is -0.977. The number of methoxy groups -OCH3 is 2. The largest absolute Gasteiger partial charge is 0.497 e. The molecule has 7 heteroatoms. The molecule has 0 saturated carbocycles. The predicted molar refractivity (Wildman–Crippen MR) is 96.7 cm³/mol. The number of amides is 2. The SMILES string of the molecule is COc1ccc(CN(CCCc2ccccn2)C(=O)C(N)=O)c(OC)c1. The Hall–Kier alpha value is -3.09. The molecule has 0 radical (unpaired) electrons. The van der Waals surface area contributed by atoms with E-state index in [2.05, 4.69) is 4.98 Å². The van der Waals surface area contributed by atoms with Gasteiger partial charge in [0.15, 0.2) is 0 Å². The number of primary amides is 1. The number of carbonyl (C=O) groups excluding carboxylic acids is 2. The van der Waals surface area contributed by atoms with Crippen LogP contribution in [0.25, 0.3) is 0 Å². The van der Waals surface area contributed by atoms with Crippen LogP contribution < -0.4 is 15.2 Å². The highest BCUT2D eigenvalue weighted by Gasteiger charge is 2.20. The number of nitrogens with two attached hydrogens (primary N) is 1. The molecule has 0 aliphatic carbocycles. The van der Waals surface area contributed by atoms with E-state index in [1.807, 2.05) is 18.2 Å². The maximum Gasteiger partial charge on any atom is 0.311 e. The van der Waals surface area contributed by atoms with Crippen molar-refractivity contribution in [2.75, 3.05) is 20.8 Å². The van der Waals surface area contributed by atoms with Gasteiger partial charge in [-0.1, -0.05) is 6.07 Å². The Morgan fingerprint density at radius 3 is 2.58 bits per heavy atom. The molecule has 1 heterocycles. The van der Waals surface area contributed by atoms with Crippen LogP contribution in [0.3, 0.4) is 0 Å². The molecule has 0 atom stereocenters. The number of nitrogens with zero attached hydrogens (tertiary/aromatic N) is 2. The number of rotatable bonds is 8. The monoisotopic (exact) mass is 357 g/mol. The minimum Gasteiger partial charge on any atom is -0.497 e. The molecule has 0 saturated heterocycles. The van der Waals surface area contributed by atoms with Crippen LogP contribution in [0.2, 0.25) is 0 Å². The Balaban J connectivity index is 2.09. The summed E-state index contributed by atoms with van der Waals surface area (Å²) in [6.45, 7) is 0.602. The van der Waals surface area contributed by atoms with Crippen LogP contribution in [-0.2, 0) is 22.6 Å². The summed E-state index contributed by atoms with van der Waals surface area (Å²) in [6.07, 6.45) is 3.08. The topological polar surface area (TPSA) is 94.8 Å². The van der Waals surface area contributed by atoms with Gasteiger partial charge in [-0.2, -0.15) is 0 Å². The molecule has 7 nitrogen and oxygen atoms in total. The van der Waals surface area contributed by atoms with Crippen molar-refractivity contribution in [3.63, 3.8) is 0 Å². The summed E-state index contributed by atoms with van der Waals surface area (Å²) in [5.74, 6) is -0.468. The van der Waals surface area contributed by atoms with Crippen LogP contribution in [-0.4, -0.2) is 42.5 Å². The maximum atomic E-state index is 12.2. The van der Waals surface area contributed by atoms with Crippen LogP contribution in [0.15, 0.2) is 42.6 Å². The zero-order valence-corrected chi connectivity index (χ0v) is 15.0. The van der Waals surface area contributed by atoms with Gasteiger partial charge >= 0.3 is 11.8 Å². The van der Waals surface area contributed by atoms with Gasteiger partial charge in [0, 0.05) is 36.6 Å². The predicted octanol–water partition coefficient (Wildman–Crippen LogP) is 1.55. The summed E-state index contributed by atoms with van der Waals surface area (Å²) in [6, 6.07) is 11.0. The second-order valence-electron chi connectivity index (χ2n) is 5.69. The minimum absolute atomic E-state index is 0.219. The first-order chi connectivity index (χ1) is 12.5. The molecule has 2 amide bonds. The van der Waals surface area contributed by atoms with Crippen LogP contribution in [0.1, 0.15) is 17.7 Å². The average Bonchev–Trinajstić information content (AvgIpc) is 2.67. The number of aromatic nitrogens is 1. The Kier molecular flexibility index (Phi) is 6.96. The van der Waals surface area contributed by atoms with E-state index in [1.165, 1.54) is 4.90 Å². The summed E-state index contributed by atoms with van der Waals surface area (Å²) < 4.78 is 10.5. The maximum absolute atomic E-state index is 12.2. The Morgan fingerprint density at radius 1 is 1.15 bits per heavy atom. The molecular weight excluding hydrogens is 334 g/mol. The van der Waals surface area contributed by atoms with Gasteiger partial charge < -0.3 is 20.1 Å². The van der Waals surface area contributed by atoms with Gasteiger partial charge in [-0.3, -0.25) is 14.6 Å². The molecular formula is C19H23N3O4. The van der Waals surface area contributed by atoms with Crippen molar-refractivity contribution in [2.24, 2.45) is 5.73 Å². The summed E-state index contributed by atoms with van der Waals surface area (Å²) in [5.41, 5.74) is 6.89. The van der Waals surface area contributed by atoms with Crippen molar-refractivity contribution in [2.45, 2.75) is 19.4 Å². The molecule has 1 aromatic heterocycles. The van der Waals surface area contributed by atoms with E-state index in [9.17, 15) is 9.59 Å². The van der Waals surface area contributed by atoms with E-state index >= 15 is 0 Å². The standard InChI is InChI=1S/C19H23N3O4/c1-25-16-9-8-14(17(12-16)26-2)13-22(19(24)18(20)23)11-5-7-15-6-3-4-10-21-15/h3-4,6,8-10,12H,5,7,11,13H2,1-2H3,(H2,20,23). The van der Waals surface area contributed by atoms with Crippen molar-refractivity contribution in [3.05, 3.63) is 53.9 Å². The van der Waals surface area contributed by atoms with Crippen molar-refractivity contribution < 1.29 is 19.1 Å². The first-order valence-electron chi connectivity index (χ1n) is 8.24. The zero-order chi connectivity index (χ0) is 18.9. The highest BCUT2D eigenvalue weighted by Crippen LogP contribution is 2.26. The molecule has 0 fully saturated rings. The fraction of sp³-hybridized carbons (Fsp3) is 0.316. The molecule has 0 unspecified atom stereocenters. The van der Waals surface area contributed by atoms with Crippen molar-refractivity contribution in [1.82, 2.24) is 9.88 Å². The highest BCUT2D eigenvalue weighted by atomic mass is 16.5. The second kappa shape index (κ2) is 9.41. The summed E-state index contributed by atoms with van der Waals surface area (Å²) in [5, 5.41) is 0. The van der Waals surface area contributed by atoms with Crippen molar-refractivity contribution >= 4 is 11.8 Å². The number of pyridine rings is 1. The van der Waals surface area contributed by atoms with Crippen LogP contribution in [0, 0.1) is 0 Å². The Morgan fingerprint density at radius 2 is 1.96 bits per heavy atom. The van der Waals surface area contributed by atoms with Gasteiger partial charge in [0.1, 0.15) is 11.5 Å². The molecule has 2 aromatic rings. The smallest absolute Gasteiger partial charge is 0.311 e. The lowest BCUT2D eigenvalue weighted by Crippen LogP contribution is -2.40. The van der Waals surface area contributed by atoms with Crippen molar-refractivity contribution in [3.8, 4) is 11.5 Å². The Bertz CT molecular complexity index is 750. The number of hydrogen-bond donors (Lipinski definition) is 1. The summed E-state index contributed by atoms with van der Waals surface area (Å²) in [7, 11) is 3.11. The number of ether oxygens (including phenoxy) is 2. The molecule has 0 aliphatic rings. The van der Waals surface area contributed by atoms with E-state index in [0.717, 1.165) is 11.3 Å². The second-order valence-corrected chi connectivity index (χ2v) is 5.69. The van der Waals surface area contributed by atoms with Gasteiger partial charge in [-0.15, -0.1) is 0 Å². The first kappa shape index (κ1) is 19.2. The molecule has 2 rings (SSSR count). The fourth-order valence-electron chi connectivity index (χ4n) is 2.59. The molecule has 0 aliphatic heterocycles. The van der Waals surface area contributed by atoms with E-state index < -0.39 is 11.8 Å². The molecule has 0 bridgehead atoms. The lowest BCUT2D eigenvalue weighted by molar-refractivity contribution is -0.144. The first-order valence-corrected chi connectivity index (χ1v) is 8.24. The van der Waals surface area contributed by atoms with Gasteiger partial charge in [-0.05, 0) is 37.1 Å². The number of hydrogen-bond acceptors (Lipinski definition) is 5. The Labute approximate surface area is 152 Å². The summed E-state index contributed by atoms with van der Waals surface area (Å²) in [4.78, 5) is 29.3.